The molecule has 0 spiro atoms. The zero-order valence-electron chi connectivity index (χ0n) is 23.0. The van der Waals surface area contributed by atoms with E-state index in [0.717, 1.165) is 0 Å². The van der Waals surface area contributed by atoms with Crippen LogP contribution in [0, 0.1) is 0 Å². The van der Waals surface area contributed by atoms with Crippen LogP contribution >= 0.6 is 11.6 Å². The maximum Gasteiger partial charge on any atom is 0.496 e. The first-order valence-electron chi connectivity index (χ1n) is 12.5. The van der Waals surface area contributed by atoms with E-state index in [-0.39, 0.29) is 18.3 Å². The van der Waals surface area contributed by atoms with Crippen molar-refractivity contribution in [3.8, 4) is 5.75 Å². The van der Waals surface area contributed by atoms with Gasteiger partial charge in [-0.25, -0.2) is 0 Å². The van der Waals surface area contributed by atoms with Crippen molar-refractivity contribution in [2.24, 2.45) is 0 Å². The molecule has 3 rings (SSSR count). The third kappa shape index (κ3) is 7.06. The molecular weight excluding hydrogens is 493 g/mol. The van der Waals surface area contributed by atoms with E-state index in [1.807, 2.05) is 66.7 Å². The number of amides is 1. The molecule has 2 aromatic rings. The van der Waals surface area contributed by atoms with E-state index in [9.17, 15) is 9.59 Å². The van der Waals surface area contributed by atoms with Gasteiger partial charge in [-0.3, -0.25) is 9.59 Å². The summed E-state index contributed by atoms with van der Waals surface area (Å²) in [5, 5.41) is 0.464. The van der Waals surface area contributed by atoms with Gasteiger partial charge >= 0.3 is 13.1 Å². The van der Waals surface area contributed by atoms with Crippen LogP contribution in [0.1, 0.15) is 71.7 Å². The molecule has 0 unspecified atom stereocenters. The number of anilines is 1. The quantitative estimate of drug-likeness (QED) is 0.258. The Bertz CT molecular complexity index is 1130. The molecule has 1 aliphatic rings. The Labute approximate surface area is 225 Å². The molecule has 0 aromatic heterocycles. The highest BCUT2D eigenvalue weighted by molar-refractivity contribution is 6.65. The molecule has 37 heavy (non-hydrogen) atoms. The molecule has 0 radical (unpaired) electrons. The minimum absolute atomic E-state index is 0.237. The van der Waals surface area contributed by atoms with E-state index in [4.69, 9.17) is 30.4 Å². The van der Waals surface area contributed by atoms with Crippen LogP contribution in [0.5, 0.6) is 5.75 Å². The third-order valence-corrected chi connectivity index (χ3v) is 6.83. The fourth-order valence-electron chi connectivity index (χ4n) is 3.78. The van der Waals surface area contributed by atoms with E-state index < -0.39 is 23.9 Å². The highest BCUT2D eigenvalue weighted by Crippen LogP contribution is 2.37. The van der Waals surface area contributed by atoms with Gasteiger partial charge in [0, 0.05) is 29.5 Å². The average molecular weight is 530 g/mol. The number of hydrogen-bond acceptors (Lipinski definition) is 6. The summed E-state index contributed by atoms with van der Waals surface area (Å²) in [5.41, 5.74) is 0.0756. The van der Waals surface area contributed by atoms with Crippen molar-refractivity contribution in [1.29, 1.82) is 0 Å². The Hall–Kier alpha value is -2.55. The Morgan fingerprint density at radius 1 is 1.03 bits per heavy atom. The number of halogens is 1. The van der Waals surface area contributed by atoms with Gasteiger partial charge < -0.3 is 23.7 Å². The van der Waals surface area contributed by atoms with Crippen molar-refractivity contribution >= 4 is 41.7 Å². The summed E-state index contributed by atoms with van der Waals surface area (Å²) in [5.74, 6) is 0.0409. The summed E-state index contributed by atoms with van der Waals surface area (Å²) in [6.45, 7) is 13.7. The van der Waals surface area contributed by atoms with Gasteiger partial charge in [0.05, 0.1) is 23.5 Å². The highest BCUT2D eigenvalue weighted by Gasteiger charge is 2.52. The summed E-state index contributed by atoms with van der Waals surface area (Å²) in [6.07, 6.45) is 0.746. The van der Waals surface area contributed by atoms with Gasteiger partial charge in [0.15, 0.2) is 0 Å². The number of carbonyl (C=O) groups excluding carboxylic acids is 2. The Morgan fingerprint density at radius 2 is 1.65 bits per heavy atom. The van der Waals surface area contributed by atoms with Crippen LogP contribution in [0.15, 0.2) is 42.5 Å². The van der Waals surface area contributed by atoms with Crippen LogP contribution in [0.3, 0.4) is 0 Å². The van der Waals surface area contributed by atoms with Gasteiger partial charge in [0.2, 0.25) is 0 Å². The van der Waals surface area contributed by atoms with E-state index in [1.165, 1.54) is 4.90 Å². The van der Waals surface area contributed by atoms with Crippen LogP contribution < -0.4 is 15.1 Å². The zero-order chi connectivity index (χ0) is 27.6. The SMILES string of the molecule is CN(C(=O)c1ccc(Cl)c(B2OC(C)(C)C(C)(C)O2)c1)c1ccccc1OCCCC(=O)OC(C)(C)C. The molecule has 2 aromatic carbocycles. The molecular formula is C28H37BClNO6. The number of carbonyl (C=O) groups is 2. The van der Waals surface area contributed by atoms with Gasteiger partial charge in [0.1, 0.15) is 11.4 Å². The molecule has 1 fully saturated rings. The number of ether oxygens (including phenoxy) is 2. The first kappa shape index (κ1) is 29.0. The highest BCUT2D eigenvalue weighted by atomic mass is 35.5. The van der Waals surface area contributed by atoms with E-state index >= 15 is 0 Å². The van der Waals surface area contributed by atoms with Crippen LogP contribution in [-0.4, -0.2) is 49.5 Å². The van der Waals surface area contributed by atoms with Gasteiger partial charge in [0.25, 0.3) is 5.91 Å². The second-order valence-corrected chi connectivity index (χ2v) is 11.6. The van der Waals surface area contributed by atoms with Crippen molar-refractivity contribution in [3.63, 3.8) is 0 Å². The smallest absolute Gasteiger partial charge is 0.491 e. The van der Waals surface area contributed by atoms with Crippen LogP contribution in [-0.2, 0) is 18.8 Å². The maximum absolute atomic E-state index is 13.5. The van der Waals surface area contributed by atoms with Crippen molar-refractivity contribution in [2.45, 2.75) is 78.1 Å². The van der Waals surface area contributed by atoms with Crippen molar-refractivity contribution < 1.29 is 28.4 Å². The molecule has 0 bridgehead atoms. The molecule has 0 N–H and O–H groups in total. The minimum Gasteiger partial charge on any atom is -0.491 e. The number of para-hydroxylation sites is 2. The van der Waals surface area contributed by atoms with Crippen LogP contribution in [0.4, 0.5) is 5.69 Å². The largest absolute Gasteiger partial charge is 0.496 e. The third-order valence-electron chi connectivity index (χ3n) is 6.48. The molecule has 1 amide bonds. The molecule has 9 heteroatoms. The monoisotopic (exact) mass is 529 g/mol. The fourth-order valence-corrected chi connectivity index (χ4v) is 3.98. The standard InChI is InChI=1S/C28H37BClNO6/c1-26(2,3)35-24(32)14-11-17-34-23-13-10-9-12-22(23)31(8)25(33)19-15-16-21(30)20(18-19)29-36-27(4,5)28(6,7)37-29/h9-10,12-13,15-16,18H,11,14,17H2,1-8H3. The lowest BCUT2D eigenvalue weighted by Crippen LogP contribution is -2.41. The zero-order valence-corrected chi connectivity index (χ0v) is 23.8. The molecule has 0 saturated carbocycles. The number of nitrogens with zero attached hydrogens (tertiary/aromatic N) is 1. The summed E-state index contributed by atoms with van der Waals surface area (Å²) in [4.78, 5) is 26.9. The first-order chi connectivity index (χ1) is 17.1. The first-order valence-corrected chi connectivity index (χ1v) is 12.9. The summed E-state index contributed by atoms with van der Waals surface area (Å²) >= 11 is 6.48. The topological polar surface area (TPSA) is 74.3 Å². The predicted molar refractivity (Wildman–Crippen MR) is 147 cm³/mol. The molecule has 0 aliphatic carbocycles. The molecule has 1 saturated heterocycles. The van der Waals surface area contributed by atoms with E-state index in [1.54, 1.807) is 31.3 Å². The Kier molecular flexibility index (Phi) is 8.67. The molecule has 1 heterocycles. The lowest BCUT2D eigenvalue weighted by Gasteiger charge is -2.32. The van der Waals surface area contributed by atoms with Crippen LogP contribution in [0.25, 0.3) is 0 Å². The number of hydrogen-bond donors (Lipinski definition) is 0. The predicted octanol–water partition coefficient (Wildman–Crippen LogP) is 5.42. The molecule has 200 valence electrons. The average Bonchev–Trinajstić information content (AvgIpc) is 3.01. The summed E-state index contributed by atoms with van der Waals surface area (Å²) < 4.78 is 23.6. The lowest BCUT2D eigenvalue weighted by atomic mass is 9.78. The van der Waals surface area contributed by atoms with Crippen molar-refractivity contribution in [2.75, 3.05) is 18.6 Å². The number of esters is 1. The molecule has 7 nitrogen and oxygen atoms in total. The number of rotatable bonds is 8. The second-order valence-electron chi connectivity index (χ2n) is 11.2. The second kappa shape index (κ2) is 11.1. The van der Waals surface area contributed by atoms with E-state index in [2.05, 4.69) is 0 Å². The summed E-state index contributed by atoms with van der Waals surface area (Å²) in [6, 6.07) is 12.4. The normalized spacial score (nSPS) is 16.4. The van der Waals surface area contributed by atoms with Gasteiger partial charge in [-0.05, 0) is 85.2 Å². The fraction of sp³-hybridized carbons (Fsp3) is 0.500. The van der Waals surface area contributed by atoms with Gasteiger partial charge in [-0.15, -0.1) is 0 Å². The molecule has 0 atom stereocenters. The maximum atomic E-state index is 13.5. The minimum atomic E-state index is -0.684. The van der Waals surface area contributed by atoms with Gasteiger partial charge in [-0.2, -0.15) is 0 Å². The molecule has 1 aliphatic heterocycles. The van der Waals surface area contributed by atoms with Crippen molar-refractivity contribution in [3.05, 3.63) is 53.1 Å². The van der Waals surface area contributed by atoms with Crippen molar-refractivity contribution in [1.82, 2.24) is 0 Å². The Balaban J connectivity index is 1.71. The summed E-state index contributed by atoms with van der Waals surface area (Å²) in [7, 11) is 1.00. The van der Waals surface area contributed by atoms with E-state index in [0.29, 0.717) is 40.5 Å². The lowest BCUT2D eigenvalue weighted by molar-refractivity contribution is -0.155. The van der Waals surface area contributed by atoms with Crippen LogP contribution in [0.2, 0.25) is 5.02 Å². The Morgan fingerprint density at radius 3 is 2.27 bits per heavy atom. The number of benzene rings is 2. The van der Waals surface area contributed by atoms with Gasteiger partial charge in [-0.1, -0.05) is 23.7 Å².